The van der Waals surface area contributed by atoms with Gasteiger partial charge in [-0.05, 0) is 36.0 Å². The molecule has 32 heavy (non-hydrogen) atoms. The Morgan fingerprint density at radius 1 is 0.938 bits per heavy atom. The number of nitrogens with zero attached hydrogens (tertiary/aromatic N) is 3. The lowest BCUT2D eigenvalue weighted by Gasteiger charge is -2.12. The molecule has 1 aliphatic rings. The molecule has 2 amide bonds. The highest BCUT2D eigenvalue weighted by Crippen LogP contribution is 2.35. The van der Waals surface area contributed by atoms with Crippen molar-refractivity contribution in [3.05, 3.63) is 97.1 Å². The fraction of sp³-hybridized carbons (Fsp3) is 0.0476. The van der Waals surface area contributed by atoms with Gasteiger partial charge in [0.05, 0.1) is 21.3 Å². The Balaban J connectivity index is 1.54. The van der Waals surface area contributed by atoms with E-state index in [2.05, 4.69) is 0 Å². The van der Waals surface area contributed by atoms with Crippen LogP contribution in [0, 0.1) is 20.2 Å². The van der Waals surface area contributed by atoms with Crippen molar-refractivity contribution in [2.24, 2.45) is 0 Å². The Morgan fingerprint density at radius 3 is 2.34 bits per heavy atom. The number of hydrogen-bond acceptors (Lipinski definition) is 8. The van der Waals surface area contributed by atoms with Crippen molar-refractivity contribution in [2.75, 3.05) is 0 Å². The Bertz CT molecular complexity index is 1280. The number of carbonyl (C=O) groups is 2. The zero-order chi connectivity index (χ0) is 22.8. The van der Waals surface area contributed by atoms with Crippen LogP contribution in [0.2, 0.25) is 0 Å². The van der Waals surface area contributed by atoms with Gasteiger partial charge in [0.2, 0.25) is 0 Å². The van der Waals surface area contributed by atoms with Gasteiger partial charge in [-0.3, -0.25) is 34.7 Å². The fourth-order valence-electron chi connectivity index (χ4n) is 3.09. The second-order valence-corrected chi connectivity index (χ2v) is 7.65. The van der Waals surface area contributed by atoms with E-state index in [4.69, 9.17) is 4.42 Å². The van der Waals surface area contributed by atoms with Crippen LogP contribution in [0.4, 0.5) is 16.2 Å². The number of amides is 2. The van der Waals surface area contributed by atoms with Crippen LogP contribution >= 0.6 is 11.8 Å². The lowest BCUT2D eigenvalue weighted by molar-refractivity contribution is -0.385. The number of para-hydroxylation sites is 1. The van der Waals surface area contributed by atoms with Gasteiger partial charge in [0.25, 0.3) is 22.5 Å². The lowest BCUT2D eigenvalue weighted by Crippen LogP contribution is -2.27. The standard InChI is InChI=1S/C21H13N3O7S/c25-20-19(32-21(26)22(20)12-14-3-1-2-4-17(14)24(29)30)11-16-9-10-18(31-16)13-5-7-15(8-6-13)23(27)28/h1-11H,12H2/b19-11-. The maximum atomic E-state index is 12.7. The Hall–Kier alpha value is -4.25. The van der Waals surface area contributed by atoms with Crippen LogP contribution in [0.3, 0.4) is 0 Å². The molecule has 10 nitrogen and oxygen atoms in total. The van der Waals surface area contributed by atoms with Gasteiger partial charge in [-0.1, -0.05) is 18.2 Å². The number of benzene rings is 2. The molecule has 1 saturated heterocycles. The van der Waals surface area contributed by atoms with E-state index in [1.165, 1.54) is 36.4 Å². The van der Waals surface area contributed by atoms with E-state index in [0.29, 0.717) is 28.8 Å². The minimum Gasteiger partial charge on any atom is -0.457 e. The number of nitro benzene ring substituents is 2. The van der Waals surface area contributed by atoms with Crippen molar-refractivity contribution < 1.29 is 23.9 Å². The molecule has 0 N–H and O–H groups in total. The molecule has 0 saturated carbocycles. The molecular weight excluding hydrogens is 438 g/mol. The molecule has 0 aliphatic carbocycles. The molecule has 11 heteroatoms. The van der Waals surface area contributed by atoms with Crippen LogP contribution < -0.4 is 0 Å². The topological polar surface area (TPSA) is 137 Å². The number of hydrogen-bond donors (Lipinski definition) is 0. The molecule has 4 rings (SSSR count). The summed E-state index contributed by atoms with van der Waals surface area (Å²) >= 11 is 0.714. The van der Waals surface area contributed by atoms with E-state index < -0.39 is 21.0 Å². The number of imide groups is 1. The molecule has 160 valence electrons. The second kappa shape index (κ2) is 8.47. The van der Waals surface area contributed by atoms with Crippen LogP contribution in [-0.2, 0) is 11.3 Å². The third-order valence-electron chi connectivity index (χ3n) is 4.65. The van der Waals surface area contributed by atoms with E-state index in [-0.39, 0.29) is 28.4 Å². The SMILES string of the molecule is O=C1S/C(=C\c2ccc(-c3ccc([N+](=O)[O-])cc3)o2)C(=O)N1Cc1ccccc1[N+](=O)[O-]. The Labute approximate surface area is 184 Å². The van der Waals surface area contributed by atoms with Crippen molar-refractivity contribution >= 4 is 40.4 Å². The van der Waals surface area contributed by atoms with Crippen LogP contribution in [0.25, 0.3) is 17.4 Å². The summed E-state index contributed by atoms with van der Waals surface area (Å²) in [6, 6.07) is 15.0. The quantitative estimate of drug-likeness (QED) is 0.290. The van der Waals surface area contributed by atoms with Gasteiger partial charge in [-0.25, -0.2) is 0 Å². The third-order valence-corrected chi connectivity index (χ3v) is 5.56. The summed E-state index contributed by atoms with van der Waals surface area (Å²) < 4.78 is 5.69. The van der Waals surface area contributed by atoms with Crippen molar-refractivity contribution in [2.45, 2.75) is 6.54 Å². The van der Waals surface area contributed by atoms with Crippen molar-refractivity contribution in [3.8, 4) is 11.3 Å². The van der Waals surface area contributed by atoms with Gasteiger partial charge < -0.3 is 4.42 Å². The first-order valence-electron chi connectivity index (χ1n) is 9.16. The lowest BCUT2D eigenvalue weighted by atomic mass is 10.1. The van der Waals surface area contributed by atoms with Gasteiger partial charge >= 0.3 is 0 Å². The third kappa shape index (κ3) is 4.14. The van der Waals surface area contributed by atoms with Gasteiger partial charge in [0, 0.05) is 35.4 Å². The fourth-order valence-corrected chi connectivity index (χ4v) is 3.91. The molecular formula is C21H13N3O7S. The van der Waals surface area contributed by atoms with Gasteiger partial charge in [-0.15, -0.1) is 0 Å². The number of rotatable bonds is 6. The molecule has 1 aliphatic heterocycles. The van der Waals surface area contributed by atoms with Gasteiger partial charge in [0.1, 0.15) is 11.5 Å². The van der Waals surface area contributed by atoms with E-state index in [0.717, 1.165) is 4.90 Å². The number of carbonyl (C=O) groups excluding carboxylic acids is 2. The molecule has 2 heterocycles. The predicted molar refractivity (Wildman–Crippen MR) is 115 cm³/mol. The second-order valence-electron chi connectivity index (χ2n) is 6.66. The highest BCUT2D eigenvalue weighted by Gasteiger charge is 2.36. The average molecular weight is 451 g/mol. The van der Waals surface area contributed by atoms with Crippen LogP contribution in [-0.4, -0.2) is 25.9 Å². The molecule has 3 aromatic rings. The van der Waals surface area contributed by atoms with Crippen LogP contribution in [0.1, 0.15) is 11.3 Å². The maximum absolute atomic E-state index is 12.7. The summed E-state index contributed by atoms with van der Waals surface area (Å²) in [5.41, 5.74) is 0.640. The van der Waals surface area contributed by atoms with E-state index in [9.17, 15) is 29.8 Å². The largest absolute Gasteiger partial charge is 0.457 e. The molecule has 0 radical (unpaired) electrons. The molecule has 1 aromatic heterocycles. The first-order chi connectivity index (χ1) is 15.3. The zero-order valence-electron chi connectivity index (χ0n) is 16.2. The minimum absolute atomic E-state index is 0.0483. The van der Waals surface area contributed by atoms with Gasteiger partial charge in [0.15, 0.2) is 0 Å². The van der Waals surface area contributed by atoms with E-state index >= 15 is 0 Å². The van der Waals surface area contributed by atoms with Gasteiger partial charge in [-0.2, -0.15) is 0 Å². The summed E-state index contributed by atoms with van der Waals surface area (Å²) in [4.78, 5) is 47.0. The summed E-state index contributed by atoms with van der Waals surface area (Å²) in [5.74, 6) is 0.172. The number of nitro groups is 2. The summed E-state index contributed by atoms with van der Waals surface area (Å²) in [5, 5.41) is 21.4. The number of non-ortho nitro benzene ring substituents is 1. The summed E-state index contributed by atoms with van der Waals surface area (Å²) in [6.45, 7) is -0.217. The number of thioether (sulfide) groups is 1. The molecule has 0 unspecified atom stereocenters. The monoisotopic (exact) mass is 451 g/mol. The smallest absolute Gasteiger partial charge is 0.293 e. The molecule has 0 atom stereocenters. The zero-order valence-corrected chi connectivity index (χ0v) is 17.0. The van der Waals surface area contributed by atoms with E-state index in [1.807, 2.05) is 0 Å². The summed E-state index contributed by atoms with van der Waals surface area (Å²) in [7, 11) is 0. The van der Waals surface area contributed by atoms with Crippen LogP contribution in [0.15, 0.2) is 70.0 Å². The Morgan fingerprint density at radius 2 is 1.66 bits per heavy atom. The molecule has 1 fully saturated rings. The normalized spacial score (nSPS) is 14.9. The highest BCUT2D eigenvalue weighted by atomic mass is 32.2. The minimum atomic E-state index is -0.577. The highest BCUT2D eigenvalue weighted by molar-refractivity contribution is 8.18. The van der Waals surface area contributed by atoms with Crippen molar-refractivity contribution in [1.82, 2.24) is 4.90 Å². The first-order valence-corrected chi connectivity index (χ1v) is 9.97. The molecule has 0 spiro atoms. The van der Waals surface area contributed by atoms with Crippen molar-refractivity contribution in [1.29, 1.82) is 0 Å². The molecule has 0 bridgehead atoms. The molecule has 2 aromatic carbocycles. The predicted octanol–water partition coefficient (Wildman–Crippen LogP) is 5.00. The number of furan rings is 1. The maximum Gasteiger partial charge on any atom is 0.293 e. The summed E-state index contributed by atoms with van der Waals surface area (Å²) in [6.07, 6.45) is 1.42. The van der Waals surface area contributed by atoms with Crippen LogP contribution in [0.5, 0.6) is 0 Å². The average Bonchev–Trinajstić information content (AvgIpc) is 3.34. The van der Waals surface area contributed by atoms with Crippen molar-refractivity contribution in [3.63, 3.8) is 0 Å². The first kappa shape index (κ1) is 21.0. The Kier molecular flexibility index (Phi) is 5.56. The van der Waals surface area contributed by atoms with E-state index in [1.54, 1.807) is 30.3 Å².